The Morgan fingerprint density at radius 1 is 1.54 bits per heavy atom. The molecule has 0 atom stereocenters. The third kappa shape index (κ3) is 1.56. The van der Waals surface area contributed by atoms with Crippen molar-refractivity contribution in [3.8, 4) is 10.7 Å². The monoisotopic (exact) mass is 259 g/mol. The van der Waals surface area contributed by atoms with E-state index in [0.717, 1.165) is 15.2 Å². The molecule has 2 aromatic heterocycles. The van der Waals surface area contributed by atoms with Gasteiger partial charge >= 0.3 is 0 Å². The zero-order valence-corrected chi connectivity index (χ0v) is 9.13. The topological polar surface area (TPSA) is 69.6 Å². The fourth-order valence-corrected chi connectivity index (χ4v) is 2.24. The van der Waals surface area contributed by atoms with Crippen molar-refractivity contribution in [1.82, 2.24) is 20.0 Å². The fourth-order valence-electron chi connectivity index (χ4n) is 0.935. The molecule has 0 aliphatic rings. The van der Waals surface area contributed by atoms with Crippen molar-refractivity contribution in [2.45, 2.75) is 0 Å². The molecule has 7 heteroatoms. The van der Waals surface area contributed by atoms with Crippen molar-refractivity contribution < 1.29 is 0 Å². The van der Waals surface area contributed by atoms with Gasteiger partial charge in [0.2, 0.25) is 5.13 Å². The van der Waals surface area contributed by atoms with E-state index < -0.39 is 0 Å². The van der Waals surface area contributed by atoms with E-state index in [0.29, 0.717) is 5.13 Å². The molecule has 13 heavy (non-hydrogen) atoms. The van der Waals surface area contributed by atoms with Gasteiger partial charge in [0.1, 0.15) is 5.69 Å². The first-order valence-electron chi connectivity index (χ1n) is 3.45. The number of nitrogens with zero attached hydrogens (tertiary/aromatic N) is 4. The Hall–Kier alpha value is -0.950. The van der Waals surface area contributed by atoms with Gasteiger partial charge in [0.25, 0.3) is 0 Å². The highest BCUT2D eigenvalue weighted by molar-refractivity contribution is 9.10. The number of anilines is 1. The van der Waals surface area contributed by atoms with Crippen molar-refractivity contribution in [1.29, 1.82) is 0 Å². The predicted octanol–water partition coefficient (Wildman–Crippen LogP) is 1.28. The van der Waals surface area contributed by atoms with Gasteiger partial charge in [-0.05, 0) is 15.9 Å². The zero-order valence-electron chi connectivity index (χ0n) is 6.73. The predicted molar refractivity (Wildman–Crippen MR) is 54.2 cm³/mol. The first-order valence-corrected chi connectivity index (χ1v) is 5.06. The maximum absolute atomic E-state index is 5.47. The summed E-state index contributed by atoms with van der Waals surface area (Å²) in [5, 5.41) is 13.0. The van der Waals surface area contributed by atoms with Crippen molar-refractivity contribution >= 4 is 32.4 Å². The van der Waals surface area contributed by atoms with Gasteiger partial charge in [0, 0.05) is 13.2 Å². The Morgan fingerprint density at radius 3 is 2.77 bits per heavy atom. The van der Waals surface area contributed by atoms with Crippen LogP contribution in [0.3, 0.4) is 0 Å². The summed E-state index contributed by atoms with van der Waals surface area (Å²) in [5.41, 5.74) is 6.24. The van der Waals surface area contributed by atoms with Gasteiger partial charge in [-0.1, -0.05) is 11.3 Å². The van der Waals surface area contributed by atoms with Crippen LogP contribution < -0.4 is 5.73 Å². The molecule has 68 valence electrons. The summed E-state index contributed by atoms with van der Waals surface area (Å²) < 4.78 is 2.60. The van der Waals surface area contributed by atoms with Gasteiger partial charge in [0.05, 0.1) is 4.47 Å². The molecule has 0 saturated carbocycles. The highest BCUT2D eigenvalue weighted by Gasteiger charge is 2.11. The first kappa shape index (κ1) is 8.64. The molecule has 0 aliphatic heterocycles. The lowest BCUT2D eigenvalue weighted by atomic mass is 10.5. The third-order valence-electron chi connectivity index (χ3n) is 1.43. The Bertz CT molecular complexity index is 434. The normalized spacial score (nSPS) is 10.6. The molecular weight excluding hydrogens is 254 g/mol. The molecule has 0 saturated heterocycles. The second kappa shape index (κ2) is 3.08. The van der Waals surface area contributed by atoms with Crippen LogP contribution in [0.5, 0.6) is 0 Å². The molecule has 2 rings (SSSR count). The molecule has 0 unspecified atom stereocenters. The lowest BCUT2D eigenvalue weighted by Gasteiger charge is -1.86. The SMILES string of the molecule is Cn1cc(Br)c(-c2nnc(N)s2)n1. The van der Waals surface area contributed by atoms with E-state index in [1.165, 1.54) is 11.3 Å². The number of aryl methyl sites for hydroxylation is 1. The van der Waals surface area contributed by atoms with Crippen LogP contribution in [-0.4, -0.2) is 20.0 Å². The Morgan fingerprint density at radius 2 is 2.31 bits per heavy atom. The van der Waals surface area contributed by atoms with Crippen molar-refractivity contribution in [3.63, 3.8) is 0 Å². The second-order valence-electron chi connectivity index (χ2n) is 2.44. The molecule has 2 heterocycles. The lowest BCUT2D eigenvalue weighted by Crippen LogP contribution is -1.87. The largest absolute Gasteiger partial charge is 0.374 e. The van der Waals surface area contributed by atoms with Crippen molar-refractivity contribution in [3.05, 3.63) is 10.7 Å². The lowest BCUT2D eigenvalue weighted by molar-refractivity contribution is 0.770. The molecule has 0 aliphatic carbocycles. The van der Waals surface area contributed by atoms with E-state index in [-0.39, 0.29) is 0 Å². The fraction of sp³-hybridized carbons (Fsp3) is 0.167. The maximum Gasteiger partial charge on any atom is 0.203 e. The molecule has 2 aromatic rings. The van der Waals surface area contributed by atoms with Gasteiger partial charge < -0.3 is 5.73 Å². The first-order chi connectivity index (χ1) is 6.16. The number of hydrogen-bond acceptors (Lipinski definition) is 5. The van der Waals surface area contributed by atoms with Crippen LogP contribution in [0.4, 0.5) is 5.13 Å². The Labute approximate surface area is 86.7 Å². The average Bonchev–Trinajstić information content (AvgIpc) is 2.58. The van der Waals surface area contributed by atoms with E-state index in [2.05, 4.69) is 31.2 Å². The summed E-state index contributed by atoms with van der Waals surface area (Å²) in [6.07, 6.45) is 1.85. The summed E-state index contributed by atoms with van der Waals surface area (Å²) in [6.45, 7) is 0. The molecule has 0 bridgehead atoms. The quantitative estimate of drug-likeness (QED) is 0.838. The summed E-state index contributed by atoms with van der Waals surface area (Å²) in [4.78, 5) is 0. The number of nitrogen functional groups attached to an aromatic ring is 1. The summed E-state index contributed by atoms with van der Waals surface area (Å²) in [6, 6.07) is 0. The summed E-state index contributed by atoms with van der Waals surface area (Å²) in [5.74, 6) is 0. The highest BCUT2D eigenvalue weighted by Crippen LogP contribution is 2.29. The van der Waals surface area contributed by atoms with E-state index in [4.69, 9.17) is 5.73 Å². The van der Waals surface area contributed by atoms with E-state index >= 15 is 0 Å². The standard InChI is InChI=1S/C6H6BrN5S/c1-12-2-3(7)4(11-12)5-9-10-6(8)13-5/h2H,1H3,(H2,8,10). The molecule has 0 aromatic carbocycles. The molecule has 0 amide bonds. The second-order valence-corrected chi connectivity index (χ2v) is 4.31. The Balaban J connectivity index is 2.51. The van der Waals surface area contributed by atoms with Crippen LogP contribution in [-0.2, 0) is 7.05 Å². The molecule has 0 fully saturated rings. The smallest absolute Gasteiger partial charge is 0.203 e. The van der Waals surface area contributed by atoms with Gasteiger partial charge in [-0.2, -0.15) is 5.10 Å². The van der Waals surface area contributed by atoms with Gasteiger partial charge in [-0.15, -0.1) is 10.2 Å². The molecule has 2 N–H and O–H groups in total. The van der Waals surface area contributed by atoms with Crippen molar-refractivity contribution in [2.75, 3.05) is 5.73 Å². The van der Waals surface area contributed by atoms with E-state index in [1.807, 2.05) is 13.2 Å². The van der Waals surface area contributed by atoms with Gasteiger partial charge in [0.15, 0.2) is 5.01 Å². The minimum absolute atomic E-state index is 0.451. The van der Waals surface area contributed by atoms with Gasteiger partial charge in [-0.25, -0.2) is 0 Å². The van der Waals surface area contributed by atoms with Crippen LogP contribution in [0.1, 0.15) is 0 Å². The highest BCUT2D eigenvalue weighted by atomic mass is 79.9. The zero-order chi connectivity index (χ0) is 9.42. The minimum atomic E-state index is 0.451. The van der Waals surface area contributed by atoms with Crippen LogP contribution >= 0.6 is 27.3 Å². The maximum atomic E-state index is 5.47. The number of nitrogens with two attached hydrogens (primary N) is 1. The summed E-state index contributed by atoms with van der Waals surface area (Å²) >= 11 is 4.70. The van der Waals surface area contributed by atoms with Gasteiger partial charge in [-0.3, -0.25) is 4.68 Å². The molecule has 5 nitrogen and oxygen atoms in total. The molecule has 0 radical (unpaired) electrons. The van der Waals surface area contributed by atoms with E-state index in [9.17, 15) is 0 Å². The number of aromatic nitrogens is 4. The average molecular weight is 260 g/mol. The van der Waals surface area contributed by atoms with Crippen LogP contribution in [0.25, 0.3) is 10.7 Å². The van der Waals surface area contributed by atoms with Crippen molar-refractivity contribution in [2.24, 2.45) is 7.05 Å². The van der Waals surface area contributed by atoms with E-state index in [1.54, 1.807) is 4.68 Å². The summed E-state index contributed by atoms with van der Waals surface area (Å²) in [7, 11) is 1.85. The Kier molecular flexibility index (Phi) is 2.04. The van der Waals surface area contributed by atoms with Crippen LogP contribution in [0.2, 0.25) is 0 Å². The van der Waals surface area contributed by atoms with Crippen LogP contribution in [0, 0.1) is 0 Å². The molecular formula is C6H6BrN5S. The number of halogens is 1. The van der Waals surface area contributed by atoms with Crippen LogP contribution in [0.15, 0.2) is 10.7 Å². The molecule has 0 spiro atoms. The number of rotatable bonds is 1. The minimum Gasteiger partial charge on any atom is -0.374 e. The number of hydrogen-bond donors (Lipinski definition) is 1. The third-order valence-corrected chi connectivity index (χ3v) is 2.77.